The number of aliphatic hydroxyl groups excluding tert-OH is 4. The van der Waals surface area contributed by atoms with Crippen LogP contribution in [0.25, 0.3) is 10.4 Å². The standard InChI is InChI=1S/C20H22F3N3O8S/c1-25-17(31)16-9(26-19(24)32)5-12(35-16)7-2-3-10(8(4-7)20(21,22)23)33-18-15(30)14(29)13(28)11(6-27)34-18/h2-5,11,13-15,18,27-30H,6H2,1H3,(H,25,31)(H3,24,26,32). The first-order valence-electron chi connectivity index (χ1n) is 9.98. The van der Waals surface area contributed by atoms with E-state index in [1.807, 2.05) is 0 Å². The maximum absolute atomic E-state index is 13.9. The normalized spacial score (nSPS) is 24.6. The highest BCUT2D eigenvalue weighted by Crippen LogP contribution is 2.42. The number of nitrogens with two attached hydrogens (primary N) is 1. The quantitative estimate of drug-likeness (QED) is 0.286. The van der Waals surface area contributed by atoms with Crippen molar-refractivity contribution >= 4 is 29.0 Å². The van der Waals surface area contributed by atoms with Gasteiger partial charge in [0.1, 0.15) is 35.0 Å². The van der Waals surface area contributed by atoms with Gasteiger partial charge in [-0.25, -0.2) is 4.79 Å². The molecule has 1 aromatic heterocycles. The predicted octanol–water partition coefficient (Wildman–Crippen LogP) is 0.463. The molecule has 8 N–H and O–H groups in total. The Kier molecular flexibility index (Phi) is 7.88. The highest BCUT2D eigenvalue weighted by atomic mass is 32.1. The van der Waals surface area contributed by atoms with Crippen LogP contribution in [0.3, 0.4) is 0 Å². The number of urea groups is 1. The molecule has 15 heteroatoms. The molecule has 2 heterocycles. The van der Waals surface area contributed by atoms with Crippen molar-refractivity contribution in [1.82, 2.24) is 5.32 Å². The summed E-state index contributed by atoms with van der Waals surface area (Å²) < 4.78 is 51.9. The molecule has 192 valence electrons. The van der Waals surface area contributed by atoms with Gasteiger partial charge in [-0.1, -0.05) is 0 Å². The van der Waals surface area contributed by atoms with Gasteiger partial charge in [0, 0.05) is 11.9 Å². The monoisotopic (exact) mass is 521 g/mol. The summed E-state index contributed by atoms with van der Waals surface area (Å²) in [4.78, 5) is 23.6. The van der Waals surface area contributed by atoms with E-state index in [1.165, 1.54) is 19.2 Å². The number of halogens is 3. The number of nitrogens with one attached hydrogen (secondary N) is 2. The van der Waals surface area contributed by atoms with Crippen molar-refractivity contribution in [2.45, 2.75) is 36.9 Å². The topological polar surface area (TPSA) is 184 Å². The number of carbonyl (C=O) groups excluding carboxylic acids is 2. The van der Waals surface area contributed by atoms with Crippen molar-refractivity contribution in [3.8, 4) is 16.2 Å². The highest BCUT2D eigenvalue weighted by molar-refractivity contribution is 7.18. The van der Waals surface area contributed by atoms with Gasteiger partial charge in [0.05, 0.1) is 17.9 Å². The molecule has 3 amide bonds. The van der Waals surface area contributed by atoms with Crippen LogP contribution in [0.4, 0.5) is 23.7 Å². The fourth-order valence-corrected chi connectivity index (χ4v) is 4.39. The predicted molar refractivity (Wildman–Crippen MR) is 116 cm³/mol. The summed E-state index contributed by atoms with van der Waals surface area (Å²) in [6.45, 7) is -0.788. The molecular formula is C20H22F3N3O8S. The Hall–Kier alpha value is -2.95. The van der Waals surface area contributed by atoms with Crippen molar-refractivity contribution in [2.24, 2.45) is 5.73 Å². The summed E-state index contributed by atoms with van der Waals surface area (Å²) in [5.41, 5.74) is 3.85. The maximum atomic E-state index is 13.9. The molecule has 1 aliphatic rings. The molecule has 1 aliphatic heterocycles. The van der Waals surface area contributed by atoms with Gasteiger partial charge in [0.2, 0.25) is 6.29 Å². The average Bonchev–Trinajstić information content (AvgIpc) is 3.21. The Morgan fingerprint density at radius 1 is 1.17 bits per heavy atom. The Bertz CT molecular complexity index is 1090. The molecule has 3 rings (SSSR count). The number of primary amides is 1. The number of rotatable bonds is 6. The van der Waals surface area contributed by atoms with Gasteiger partial charge in [-0.2, -0.15) is 13.2 Å². The molecule has 0 spiro atoms. The van der Waals surface area contributed by atoms with E-state index in [0.717, 1.165) is 23.5 Å². The zero-order chi connectivity index (χ0) is 26.1. The second-order valence-electron chi connectivity index (χ2n) is 7.45. The minimum Gasteiger partial charge on any atom is -0.461 e. The van der Waals surface area contributed by atoms with E-state index in [9.17, 15) is 43.2 Å². The smallest absolute Gasteiger partial charge is 0.419 e. The van der Waals surface area contributed by atoms with Gasteiger partial charge in [0.15, 0.2) is 0 Å². The molecule has 5 unspecified atom stereocenters. The Labute approximate surface area is 199 Å². The van der Waals surface area contributed by atoms with Crippen LogP contribution in [0.2, 0.25) is 0 Å². The van der Waals surface area contributed by atoms with Crippen LogP contribution in [0.1, 0.15) is 15.2 Å². The minimum absolute atomic E-state index is 0.00653. The zero-order valence-corrected chi connectivity index (χ0v) is 18.8. The van der Waals surface area contributed by atoms with Crippen LogP contribution < -0.4 is 21.1 Å². The number of alkyl halides is 3. The van der Waals surface area contributed by atoms with Crippen LogP contribution in [-0.4, -0.2) is 76.7 Å². The molecule has 0 aliphatic carbocycles. The van der Waals surface area contributed by atoms with Gasteiger partial charge in [-0.3, -0.25) is 4.79 Å². The van der Waals surface area contributed by atoms with Crippen molar-refractivity contribution < 1.29 is 52.7 Å². The van der Waals surface area contributed by atoms with Crippen LogP contribution in [-0.2, 0) is 10.9 Å². The third-order valence-electron chi connectivity index (χ3n) is 5.08. The summed E-state index contributed by atoms with van der Waals surface area (Å²) in [5, 5.41) is 43.6. The molecule has 0 radical (unpaired) electrons. The molecular weight excluding hydrogens is 499 g/mol. The van der Waals surface area contributed by atoms with Crippen LogP contribution in [0.5, 0.6) is 5.75 Å². The number of hydrogen-bond donors (Lipinski definition) is 7. The lowest BCUT2D eigenvalue weighted by atomic mass is 9.99. The third-order valence-corrected chi connectivity index (χ3v) is 6.27. The second kappa shape index (κ2) is 10.3. The number of benzene rings is 1. The molecule has 35 heavy (non-hydrogen) atoms. The minimum atomic E-state index is -4.94. The summed E-state index contributed by atoms with van der Waals surface area (Å²) in [6, 6.07) is 3.22. The number of anilines is 1. The summed E-state index contributed by atoms with van der Waals surface area (Å²) in [7, 11) is 1.34. The summed E-state index contributed by atoms with van der Waals surface area (Å²) in [5.74, 6) is -1.35. The second-order valence-corrected chi connectivity index (χ2v) is 8.50. The first-order valence-corrected chi connectivity index (χ1v) is 10.8. The molecule has 1 aromatic carbocycles. The largest absolute Gasteiger partial charge is 0.461 e. The molecule has 1 fully saturated rings. The van der Waals surface area contributed by atoms with Gasteiger partial charge in [-0.05, 0) is 29.8 Å². The van der Waals surface area contributed by atoms with E-state index in [-0.39, 0.29) is 21.0 Å². The molecule has 1 saturated heterocycles. The molecule has 11 nitrogen and oxygen atoms in total. The Morgan fingerprint density at radius 3 is 2.43 bits per heavy atom. The number of aliphatic hydroxyl groups is 4. The lowest BCUT2D eigenvalue weighted by Crippen LogP contribution is -2.60. The lowest BCUT2D eigenvalue weighted by Gasteiger charge is -2.39. The van der Waals surface area contributed by atoms with Gasteiger partial charge in [-0.15, -0.1) is 11.3 Å². The number of hydrogen-bond acceptors (Lipinski definition) is 9. The highest BCUT2D eigenvalue weighted by Gasteiger charge is 2.45. The summed E-state index contributed by atoms with van der Waals surface area (Å²) in [6.07, 6.45) is -13.6. The van der Waals surface area contributed by atoms with Crippen molar-refractivity contribution in [2.75, 3.05) is 19.0 Å². The van der Waals surface area contributed by atoms with E-state index < -0.39 is 66.7 Å². The molecule has 0 bridgehead atoms. The van der Waals surface area contributed by atoms with E-state index in [4.69, 9.17) is 15.2 Å². The molecule has 5 atom stereocenters. The van der Waals surface area contributed by atoms with Crippen LogP contribution >= 0.6 is 11.3 Å². The zero-order valence-electron chi connectivity index (χ0n) is 17.9. The van der Waals surface area contributed by atoms with E-state index >= 15 is 0 Å². The SMILES string of the molecule is CNC(=O)c1sc(-c2ccc(OC3OC(CO)C(O)C(O)C3O)c(C(F)(F)F)c2)cc1NC(N)=O. The van der Waals surface area contributed by atoms with Gasteiger partial charge < -0.3 is 46.3 Å². The van der Waals surface area contributed by atoms with Crippen molar-refractivity contribution in [1.29, 1.82) is 0 Å². The maximum Gasteiger partial charge on any atom is 0.419 e. The Morgan fingerprint density at radius 2 is 1.86 bits per heavy atom. The van der Waals surface area contributed by atoms with Crippen LogP contribution in [0, 0.1) is 0 Å². The van der Waals surface area contributed by atoms with Crippen molar-refractivity contribution in [3.63, 3.8) is 0 Å². The van der Waals surface area contributed by atoms with Gasteiger partial charge >= 0.3 is 12.2 Å². The number of amides is 3. The van der Waals surface area contributed by atoms with Crippen molar-refractivity contribution in [3.05, 3.63) is 34.7 Å². The van der Waals surface area contributed by atoms with E-state index in [1.54, 1.807) is 0 Å². The lowest BCUT2D eigenvalue weighted by molar-refractivity contribution is -0.278. The van der Waals surface area contributed by atoms with E-state index in [2.05, 4.69) is 10.6 Å². The van der Waals surface area contributed by atoms with Crippen LogP contribution in [0.15, 0.2) is 24.3 Å². The third kappa shape index (κ3) is 5.66. The number of thiophene rings is 1. The fourth-order valence-electron chi connectivity index (χ4n) is 3.34. The molecule has 2 aromatic rings. The molecule has 0 saturated carbocycles. The first-order chi connectivity index (χ1) is 16.4. The Balaban J connectivity index is 1.99. The van der Waals surface area contributed by atoms with E-state index in [0.29, 0.717) is 0 Å². The van der Waals surface area contributed by atoms with Gasteiger partial charge in [0.25, 0.3) is 5.91 Å². The number of carbonyl (C=O) groups is 2. The fraction of sp³-hybridized carbons (Fsp3) is 0.400. The first kappa shape index (κ1) is 26.7. The average molecular weight is 521 g/mol. The summed E-state index contributed by atoms with van der Waals surface area (Å²) >= 11 is 0.809. The number of ether oxygens (including phenoxy) is 2.